The lowest BCUT2D eigenvalue weighted by Crippen LogP contribution is -2.33. The van der Waals surface area contributed by atoms with Gasteiger partial charge in [0.25, 0.3) is 5.91 Å². The minimum absolute atomic E-state index is 0.0278. The van der Waals surface area contributed by atoms with E-state index >= 15 is 0 Å². The molecule has 2 saturated carbocycles. The first kappa shape index (κ1) is 19.0. The van der Waals surface area contributed by atoms with Gasteiger partial charge in [0.2, 0.25) is 5.92 Å². The quantitative estimate of drug-likeness (QED) is 0.827. The van der Waals surface area contributed by atoms with Crippen molar-refractivity contribution in [1.29, 1.82) is 0 Å². The number of rotatable bonds is 3. The lowest BCUT2D eigenvalue weighted by molar-refractivity contribution is -0.0557. The summed E-state index contributed by atoms with van der Waals surface area (Å²) < 4.78 is 27.2. The Morgan fingerprint density at radius 1 is 1.18 bits per heavy atom. The maximum atomic E-state index is 13.6. The van der Waals surface area contributed by atoms with Crippen LogP contribution in [0.5, 0.6) is 0 Å². The van der Waals surface area contributed by atoms with E-state index in [1.165, 1.54) is 6.20 Å². The van der Waals surface area contributed by atoms with E-state index < -0.39 is 11.8 Å². The van der Waals surface area contributed by atoms with E-state index in [0.29, 0.717) is 24.3 Å². The summed E-state index contributed by atoms with van der Waals surface area (Å²) in [4.78, 5) is 31.6. The summed E-state index contributed by atoms with van der Waals surface area (Å²) in [5.74, 6) is -2.55. The molecule has 150 valence electrons. The summed E-state index contributed by atoms with van der Waals surface area (Å²) in [7, 11) is 0. The molecule has 0 radical (unpaired) electrons. The summed E-state index contributed by atoms with van der Waals surface area (Å²) in [6, 6.07) is 3.22. The molecule has 2 aliphatic rings. The van der Waals surface area contributed by atoms with Crippen molar-refractivity contribution in [3.05, 3.63) is 39.9 Å². The third-order valence-corrected chi connectivity index (χ3v) is 6.58. The number of nitrogens with two attached hydrogens (primary N) is 1. The number of amides is 1. The predicted molar refractivity (Wildman–Crippen MR) is 102 cm³/mol. The van der Waals surface area contributed by atoms with Crippen molar-refractivity contribution in [2.24, 2.45) is 17.6 Å². The van der Waals surface area contributed by atoms with Crippen LogP contribution >= 0.6 is 0 Å². The van der Waals surface area contributed by atoms with Gasteiger partial charge in [0.1, 0.15) is 5.69 Å². The number of aromatic amines is 1. The number of fused-ring (bicyclic) bond motifs is 1. The number of pyridine rings is 2. The van der Waals surface area contributed by atoms with Gasteiger partial charge in [-0.05, 0) is 43.6 Å². The van der Waals surface area contributed by atoms with Crippen LogP contribution < -0.4 is 11.2 Å². The van der Waals surface area contributed by atoms with E-state index in [1.54, 1.807) is 12.1 Å². The van der Waals surface area contributed by atoms with E-state index in [1.807, 2.05) is 0 Å². The van der Waals surface area contributed by atoms with Crippen LogP contribution in [0.1, 0.15) is 73.5 Å². The second-order valence-electron chi connectivity index (χ2n) is 8.28. The number of alkyl halides is 2. The monoisotopic (exact) mass is 389 g/mol. The molecule has 2 heterocycles. The Bertz CT molecular complexity index is 946. The van der Waals surface area contributed by atoms with Crippen molar-refractivity contribution < 1.29 is 13.6 Å². The normalized spacial score (nSPS) is 25.6. The van der Waals surface area contributed by atoms with E-state index in [4.69, 9.17) is 5.73 Å². The van der Waals surface area contributed by atoms with Crippen molar-refractivity contribution in [3.8, 4) is 0 Å². The van der Waals surface area contributed by atoms with Gasteiger partial charge in [-0.1, -0.05) is 12.8 Å². The second kappa shape index (κ2) is 7.26. The molecule has 0 aromatic carbocycles. The number of carbonyl (C=O) groups excluding carboxylic acids is 1. The highest BCUT2D eigenvalue weighted by atomic mass is 19.3. The minimum atomic E-state index is -2.53. The Morgan fingerprint density at radius 3 is 2.61 bits per heavy atom. The average Bonchev–Trinajstić information content (AvgIpc) is 2.67. The van der Waals surface area contributed by atoms with Crippen LogP contribution in [-0.2, 0) is 0 Å². The molecule has 0 aliphatic heterocycles. The molecule has 3 N–H and O–H groups in total. The van der Waals surface area contributed by atoms with Gasteiger partial charge in [0, 0.05) is 36.7 Å². The zero-order valence-electron chi connectivity index (χ0n) is 15.7. The van der Waals surface area contributed by atoms with Crippen LogP contribution in [-0.4, -0.2) is 21.8 Å². The van der Waals surface area contributed by atoms with Gasteiger partial charge in [-0.15, -0.1) is 0 Å². The molecule has 2 aromatic heterocycles. The van der Waals surface area contributed by atoms with Crippen molar-refractivity contribution in [1.82, 2.24) is 9.97 Å². The first-order chi connectivity index (χ1) is 13.4. The Labute approximate surface area is 161 Å². The van der Waals surface area contributed by atoms with Crippen LogP contribution in [0, 0.1) is 11.8 Å². The van der Waals surface area contributed by atoms with Gasteiger partial charge in [0.05, 0.1) is 10.9 Å². The highest BCUT2D eigenvalue weighted by Crippen LogP contribution is 2.48. The van der Waals surface area contributed by atoms with Gasteiger partial charge < -0.3 is 10.7 Å². The SMILES string of the molecule is NC(=O)c1nccc2[nH]c([C@@H]3CCCC[C@H]3C3CCC(F)(F)CC3)cc(=O)c12. The van der Waals surface area contributed by atoms with Crippen LogP contribution in [0.25, 0.3) is 10.9 Å². The number of hydrogen-bond donors (Lipinski definition) is 2. The molecule has 2 aliphatic carbocycles. The molecular weight excluding hydrogens is 364 g/mol. The molecule has 0 spiro atoms. The number of H-pyrrole nitrogens is 1. The molecule has 0 unspecified atom stereocenters. The maximum Gasteiger partial charge on any atom is 0.268 e. The molecule has 2 fully saturated rings. The van der Waals surface area contributed by atoms with Gasteiger partial charge in [-0.25, -0.2) is 8.78 Å². The molecule has 0 saturated heterocycles. The first-order valence-corrected chi connectivity index (χ1v) is 10.1. The van der Waals surface area contributed by atoms with Gasteiger partial charge in [-0.3, -0.25) is 14.6 Å². The molecule has 2 aromatic rings. The molecule has 5 nitrogen and oxygen atoms in total. The standard InChI is InChI=1S/C21H25F2N3O2/c22-21(23)8-5-12(6-9-21)13-3-1-2-4-14(13)16-11-17(27)18-15(26-16)7-10-25-19(18)20(24)28/h7,10-14H,1-6,8-9H2,(H2,24,28)(H,26,27)/t13-,14+/m0/s1. The van der Waals surface area contributed by atoms with Crippen molar-refractivity contribution in [2.45, 2.75) is 63.2 Å². The summed E-state index contributed by atoms with van der Waals surface area (Å²) in [6.07, 6.45) is 6.57. The van der Waals surface area contributed by atoms with E-state index in [0.717, 1.165) is 31.4 Å². The molecular formula is C21H25F2N3O2. The number of nitrogens with one attached hydrogen (secondary N) is 1. The Kier molecular flexibility index (Phi) is 4.93. The zero-order chi connectivity index (χ0) is 19.9. The molecule has 7 heteroatoms. The first-order valence-electron chi connectivity index (χ1n) is 10.1. The molecule has 4 rings (SSSR count). The fourth-order valence-corrected chi connectivity index (χ4v) is 5.21. The van der Waals surface area contributed by atoms with E-state index in [2.05, 4.69) is 9.97 Å². The minimum Gasteiger partial charge on any atom is -0.364 e. The Balaban J connectivity index is 1.69. The third kappa shape index (κ3) is 3.54. The number of halogens is 2. The molecule has 28 heavy (non-hydrogen) atoms. The van der Waals surface area contributed by atoms with Crippen LogP contribution in [0.4, 0.5) is 8.78 Å². The Hall–Kier alpha value is -2.31. The average molecular weight is 389 g/mol. The maximum absolute atomic E-state index is 13.6. The topological polar surface area (TPSA) is 88.8 Å². The van der Waals surface area contributed by atoms with E-state index in [-0.39, 0.29) is 41.2 Å². The molecule has 1 amide bonds. The third-order valence-electron chi connectivity index (χ3n) is 6.58. The van der Waals surface area contributed by atoms with Crippen molar-refractivity contribution in [3.63, 3.8) is 0 Å². The number of hydrogen-bond acceptors (Lipinski definition) is 3. The summed E-state index contributed by atoms with van der Waals surface area (Å²) in [5.41, 5.74) is 6.44. The highest BCUT2D eigenvalue weighted by Gasteiger charge is 2.41. The van der Waals surface area contributed by atoms with Crippen LogP contribution in [0.3, 0.4) is 0 Å². The van der Waals surface area contributed by atoms with Crippen LogP contribution in [0.2, 0.25) is 0 Å². The zero-order valence-corrected chi connectivity index (χ0v) is 15.7. The number of primary amides is 1. The summed E-state index contributed by atoms with van der Waals surface area (Å²) >= 11 is 0. The lowest BCUT2D eigenvalue weighted by atomic mass is 9.66. The predicted octanol–water partition coefficient (Wildman–Crippen LogP) is 4.12. The molecule has 0 bridgehead atoms. The van der Waals surface area contributed by atoms with Crippen molar-refractivity contribution in [2.75, 3.05) is 0 Å². The fraction of sp³-hybridized carbons (Fsp3) is 0.571. The second-order valence-corrected chi connectivity index (χ2v) is 8.28. The number of nitrogens with zero attached hydrogens (tertiary/aromatic N) is 1. The van der Waals surface area contributed by atoms with Gasteiger partial charge in [0.15, 0.2) is 5.43 Å². The number of aromatic nitrogens is 2. The number of carbonyl (C=O) groups is 1. The Morgan fingerprint density at radius 2 is 1.89 bits per heavy atom. The van der Waals surface area contributed by atoms with Gasteiger partial charge >= 0.3 is 0 Å². The van der Waals surface area contributed by atoms with Crippen molar-refractivity contribution >= 4 is 16.8 Å². The summed E-state index contributed by atoms with van der Waals surface area (Å²) in [5, 5.41) is 0.211. The largest absolute Gasteiger partial charge is 0.364 e. The van der Waals surface area contributed by atoms with Crippen LogP contribution in [0.15, 0.2) is 23.1 Å². The smallest absolute Gasteiger partial charge is 0.268 e. The van der Waals surface area contributed by atoms with Gasteiger partial charge in [-0.2, -0.15) is 0 Å². The van der Waals surface area contributed by atoms with E-state index in [9.17, 15) is 18.4 Å². The summed E-state index contributed by atoms with van der Waals surface area (Å²) in [6.45, 7) is 0. The molecule has 2 atom stereocenters. The fourth-order valence-electron chi connectivity index (χ4n) is 5.21. The lowest BCUT2D eigenvalue weighted by Gasteiger charge is -2.40. The highest BCUT2D eigenvalue weighted by molar-refractivity contribution is 6.03.